The van der Waals surface area contributed by atoms with Crippen LogP contribution in [0.3, 0.4) is 0 Å². The minimum absolute atomic E-state index is 0.265. The summed E-state index contributed by atoms with van der Waals surface area (Å²) in [6.07, 6.45) is 2.85. The van der Waals surface area contributed by atoms with Crippen LogP contribution in [-0.2, 0) is 13.0 Å². The zero-order chi connectivity index (χ0) is 12.5. The molecule has 0 aliphatic carbocycles. The van der Waals surface area contributed by atoms with Crippen LogP contribution in [0.1, 0.15) is 27.9 Å². The highest BCUT2D eigenvalue weighted by Crippen LogP contribution is 2.30. The first-order valence-electron chi connectivity index (χ1n) is 6.21. The molecule has 3 rings (SSSR count). The summed E-state index contributed by atoms with van der Waals surface area (Å²) in [6, 6.07) is 2.56. The zero-order valence-corrected chi connectivity index (χ0v) is 11.5. The van der Waals surface area contributed by atoms with Crippen molar-refractivity contribution < 1.29 is 0 Å². The second-order valence-electron chi connectivity index (χ2n) is 5.00. The van der Waals surface area contributed by atoms with Crippen LogP contribution in [-0.4, -0.2) is 35.5 Å². The van der Waals surface area contributed by atoms with E-state index in [0.29, 0.717) is 0 Å². The van der Waals surface area contributed by atoms with Gasteiger partial charge in [-0.2, -0.15) is 0 Å². The number of fused-ring (bicyclic) bond motifs is 1. The van der Waals surface area contributed by atoms with Crippen LogP contribution < -0.4 is 5.32 Å². The Morgan fingerprint density at radius 2 is 2.39 bits per heavy atom. The van der Waals surface area contributed by atoms with E-state index in [9.17, 15) is 0 Å². The van der Waals surface area contributed by atoms with Gasteiger partial charge in [-0.05, 0) is 31.1 Å². The molecule has 1 aliphatic rings. The summed E-state index contributed by atoms with van der Waals surface area (Å²) in [7, 11) is 4.20. The normalized spacial score (nSPS) is 19.2. The van der Waals surface area contributed by atoms with Gasteiger partial charge in [0.15, 0.2) is 0 Å². The van der Waals surface area contributed by atoms with Crippen LogP contribution in [0.25, 0.3) is 0 Å². The molecule has 0 fully saturated rings. The highest BCUT2D eigenvalue weighted by atomic mass is 32.1. The quantitative estimate of drug-likeness (QED) is 0.886. The van der Waals surface area contributed by atoms with Gasteiger partial charge >= 0.3 is 0 Å². The van der Waals surface area contributed by atoms with E-state index >= 15 is 0 Å². The third-order valence-electron chi connectivity index (χ3n) is 3.21. The predicted octanol–water partition coefficient (Wildman–Crippen LogP) is 1.77. The molecule has 4 nitrogen and oxygen atoms in total. The van der Waals surface area contributed by atoms with Gasteiger partial charge in [0, 0.05) is 30.1 Å². The van der Waals surface area contributed by atoms with Crippen molar-refractivity contribution in [2.75, 3.05) is 20.6 Å². The predicted molar refractivity (Wildman–Crippen MR) is 73.8 cm³/mol. The Morgan fingerprint density at radius 3 is 3.22 bits per heavy atom. The fraction of sp³-hybridized carbons (Fsp3) is 0.462. The molecule has 96 valence electrons. The largest absolute Gasteiger partial charge is 0.348 e. The molecule has 0 spiro atoms. The molecule has 0 bridgehead atoms. The van der Waals surface area contributed by atoms with Crippen LogP contribution >= 0.6 is 11.3 Å². The summed E-state index contributed by atoms with van der Waals surface area (Å²) in [4.78, 5) is 11.3. The number of nitrogens with zero attached hydrogens (tertiary/aromatic N) is 2. The lowest BCUT2D eigenvalue weighted by atomic mass is 10.0. The average Bonchev–Trinajstić information content (AvgIpc) is 2.95. The summed E-state index contributed by atoms with van der Waals surface area (Å²) in [5, 5.41) is 5.81. The first-order valence-corrected chi connectivity index (χ1v) is 7.09. The Morgan fingerprint density at radius 1 is 1.50 bits per heavy atom. The third kappa shape index (κ3) is 2.21. The van der Waals surface area contributed by atoms with Gasteiger partial charge in [0.2, 0.25) is 0 Å². The molecular formula is C13H18N4S. The molecule has 1 unspecified atom stereocenters. The molecule has 1 aliphatic heterocycles. The van der Waals surface area contributed by atoms with Crippen molar-refractivity contribution in [1.82, 2.24) is 20.2 Å². The summed E-state index contributed by atoms with van der Waals surface area (Å²) in [5.74, 6) is 0. The third-order valence-corrected chi connectivity index (χ3v) is 4.25. The van der Waals surface area contributed by atoms with Crippen molar-refractivity contribution in [2.45, 2.75) is 19.0 Å². The number of rotatable bonds is 3. The molecule has 5 heteroatoms. The van der Waals surface area contributed by atoms with Crippen molar-refractivity contribution >= 4 is 11.3 Å². The Balaban J connectivity index is 1.86. The lowest BCUT2D eigenvalue weighted by molar-refractivity contribution is 0.403. The van der Waals surface area contributed by atoms with E-state index in [1.807, 2.05) is 11.3 Å². The van der Waals surface area contributed by atoms with Crippen LogP contribution in [0, 0.1) is 0 Å². The monoisotopic (exact) mass is 262 g/mol. The van der Waals surface area contributed by atoms with Crippen LogP contribution in [0.5, 0.6) is 0 Å². The minimum Gasteiger partial charge on any atom is -0.348 e. The highest BCUT2D eigenvalue weighted by molar-refractivity contribution is 7.10. The van der Waals surface area contributed by atoms with Gasteiger partial charge in [0.25, 0.3) is 0 Å². The second kappa shape index (κ2) is 4.84. The molecule has 1 atom stereocenters. The second-order valence-corrected chi connectivity index (χ2v) is 5.94. The van der Waals surface area contributed by atoms with Crippen molar-refractivity contribution in [3.8, 4) is 0 Å². The minimum atomic E-state index is 0.265. The number of imidazole rings is 1. The molecule has 2 aromatic heterocycles. The van der Waals surface area contributed by atoms with Gasteiger partial charge < -0.3 is 15.2 Å². The number of aromatic nitrogens is 2. The summed E-state index contributed by atoms with van der Waals surface area (Å²) in [6.45, 7) is 2.01. The van der Waals surface area contributed by atoms with Crippen LogP contribution in [0.15, 0.2) is 17.8 Å². The summed E-state index contributed by atoms with van der Waals surface area (Å²) in [5.41, 5.74) is 3.82. The number of nitrogens with one attached hydrogen (secondary N) is 2. The molecule has 0 saturated carbocycles. The lowest BCUT2D eigenvalue weighted by Gasteiger charge is -2.21. The molecule has 0 radical (unpaired) electrons. The van der Waals surface area contributed by atoms with Gasteiger partial charge in [0.1, 0.15) is 0 Å². The number of hydrogen-bond acceptors (Lipinski definition) is 4. The highest BCUT2D eigenvalue weighted by Gasteiger charge is 2.24. The Labute approximate surface area is 111 Å². The average molecular weight is 262 g/mol. The van der Waals surface area contributed by atoms with Gasteiger partial charge in [-0.15, -0.1) is 11.3 Å². The SMILES string of the molecule is CN(C)Cc1csc(C2NCCc3[nH]cnc32)c1. The standard InChI is InChI=1S/C13H18N4S/c1-17(2)6-9-5-11(18-7-9)13-12-10(3-4-14-13)15-8-16-12/h5,7-8,13-14H,3-4,6H2,1-2H3,(H,15,16). The maximum atomic E-state index is 4.46. The van der Waals surface area contributed by atoms with E-state index in [1.165, 1.54) is 21.8 Å². The number of H-pyrrole nitrogens is 1. The van der Waals surface area contributed by atoms with E-state index in [4.69, 9.17) is 0 Å². The fourth-order valence-electron chi connectivity index (χ4n) is 2.45. The van der Waals surface area contributed by atoms with Crippen LogP contribution in [0.2, 0.25) is 0 Å². The number of thiophene rings is 1. The molecule has 0 amide bonds. The van der Waals surface area contributed by atoms with Crippen molar-refractivity contribution in [3.05, 3.63) is 39.6 Å². The van der Waals surface area contributed by atoms with Gasteiger partial charge in [-0.1, -0.05) is 0 Å². The molecule has 2 N–H and O–H groups in total. The van der Waals surface area contributed by atoms with E-state index in [-0.39, 0.29) is 6.04 Å². The molecular weight excluding hydrogens is 244 g/mol. The van der Waals surface area contributed by atoms with E-state index in [0.717, 1.165) is 19.5 Å². The first-order chi connectivity index (χ1) is 8.74. The molecule has 18 heavy (non-hydrogen) atoms. The molecule has 3 heterocycles. The molecule has 2 aromatic rings. The van der Waals surface area contributed by atoms with Crippen molar-refractivity contribution in [2.24, 2.45) is 0 Å². The van der Waals surface area contributed by atoms with E-state index in [1.54, 1.807) is 6.33 Å². The molecule has 0 saturated heterocycles. The Kier molecular flexibility index (Phi) is 3.20. The van der Waals surface area contributed by atoms with Crippen LogP contribution in [0.4, 0.5) is 0 Å². The smallest absolute Gasteiger partial charge is 0.0926 e. The number of aromatic amines is 1. The van der Waals surface area contributed by atoms with Crippen molar-refractivity contribution in [1.29, 1.82) is 0 Å². The maximum absolute atomic E-state index is 4.46. The zero-order valence-electron chi connectivity index (χ0n) is 10.7. The summed E-state index contributed by atoms with van der Waals surface area (Å²) < 4.78 is 0. The lowest BCUT2D eigenvalue weighted by Crippen LogP contribution is -2.30. The van der Waals surface area contributed by atoms with Gasteiger partial charge in [-0.3, -0.25) is 0 Å². The number of hydrogen-bond donors (Lipinski definition) is 2. The fourth-order valence-corrected chi connectivity index (χ4v) is 3.43. The van der Waals surface area contributed by atoms with Gasteiger partial charge in [-0.25, -0.2) is 4.98 Å². The summed E-state index contributed by atoms with van der Waals surface area (Å²) >= 11 is 1.82. The van der Waals surface area contributed by atoms with Gasteiger partial charge in [0.05, 0.1) is 18.1 Å². The Bertz CT molecular complexity index is 529. The van der Waals surface area contributed by atoms with E-state index in [2.05, 4.69) is 45.7 Å². The topological polar surface area (TPSA) is 44.0 Å². The Hall–Kier alpha value is -1.17. The van der Waals surface area contributed by atoms with E-state index < -0.39 is 0 Å². The van der Waals surface area contributed by atoms with Crippen molar-refractivity contribution in [3.63, 3.8) is 0 Å². The molecule has 0 aromatic carbocycles. The maximum Gasteiger partial charge on any atom is 0.0926 e. The first kappa shape index (κ1) is 11.9.